The van der Waals surface area contributed by atoms with Crippen LogP contribution in [-0.4, -0.2) is 24.8 Å². The minimum absolute atomic E-state index is 0.180. The highest BCUT2D eigenvalue weighted by molar-refractivity contribution is 4.98. The zero-order valence-corrected chi connectivity index (χ0v) is 11.8. The summed E-state index contributed by atoms with van der Waals surface area (Å²) >= 11 is 0. The lowest BCUT2D eigenvalue weighted by Gasteiger charge is -2.48. The molecule has 1 heterocycles. The molecular formula is C15H29NO. The summed E-state index contributed by atoms with van der Waals surface area (Å²) in [7, 11) is 0. The van der Waals surface area contributed by atoms with Crippen molar-refractivity contribution in [2.75, 3.05) is 13.2 Å². The topological polar surface area (TPSA) is 21.3 Å². The van der Waals surface area contributed by atoms with E-state index in [1.165, 1.54) is 38.5 Å². The summed E-state index contributed by atoms with van der Waals surface area (Å²) in [6.45, 7) is 8.97. The van der Waals surface area contributed by atoms with Crippen molar-refractivity contribution in [3.8, 4) is 0 Å². The summed E-state index contributed by atoms with van der Waals surface area (Å²) in [5.74, 6) is 1.70. The second-order valence-electron chi connectivity index (χ2n) is 6.57. The van der Waals surface area contributed by atoms with Crippen molar-refractivity contribution in [1.82, 2.24) is 5.32 Å². The smallest absolute Gasteiger partial charge is 0.0835 e. The average Bonchev–Trinajstić information content (AvgIpc) is 2.32. The maximum Gasteiger partial charge on any atom is 0.0835 e. The first-order chi connectivity index (χ1) is 8.12. The third-order valence-electron chi connectivity index (χ3n) is 4.67. The number of rotatable bonds is 3. The maximum atomic E-state index is 6.24. The van der Waals surface area contributed by atoms with Gasteiger partial charge in [-0.25, -0.2) is 0 Å². The number of hydrogen-bond acceptors (Lipinski definition) is 2. The zero-order valence-electron chi connectivity index (χ0n) is 11.8. The molecule has 0 aromatic rings. The van der Waals surface area contributed by atoms with Gasteiger partial charge >= 0.3 is 0 Å². The van der Waals surface area contributed by atoms with Crippen LogP contribution in [0.3, 0.4) is 0 Å². The molecule has 2 fully saturated rings. The molecule has 2 nitrogen and oxygen atoms in total. The first kappa shape index (κ1) is 13.4. The summed E-state index contributed by atoms with van der Waals surface area (Å²) in [6.07, 6.45) is 7.83. The Morgan fingerprint density at radius 1 is 1.29 bits per heavy atom. The molecule has 0 aromatic carbocycles. The van der Waals surface area contributed by atoms with E-state index in [9.17, 15) is 0 Å². The Bertz CT molecular complexity index is 231. The van der Waals surface area contributed by atoms with Gasteiger partial charge in [-0.2, -0.15) is 0 Å². The molecule has 0 aromatic heterocycles. The van der Waals surface area contributed by atoms with Crippen LogP contribution in [0.4, 0.5) is 0 Å². The number of nitrogens with one attached hydrogen (secondary N) is 1. The van der Waals surface area contributed by atoms with E-state index < -0.39 is 0 Å². The fourth-order valence-corrected chi connectivity index (χ4v) is 3.38. The third-order valence-corrected chi connectivity index (χ3v) is 4.67. The molecule has 1 aliphatic heterocycles. The second-order valence-corrected chi connectivity index (χ2v) is 6.57. The predicted molar refractivity (Wildman–Crippen MR) is 72.2 cm³/mol. The Balaban J connectivity index is 1.96. The van der Waals surface area contributed by atoms with E-state index in [0.29, 0.717) is 6.04 Å². The molecule has 1 saturated carbocycles. The molecule has 0 bridgehead atoms. The SMILES string of the molecule is CC(C)CCC1NCCOC12CCC(C)CC2. The zero-order chi connectivity index (χ0) is 12.3. The molecule has 2 aliphatic rings. The van der Waals surface area contributed by atoms with Gasteiger partial charge in [-0.3, -0.25) is 0 Å². The molecule has 1 unspecified atom stereocenters. The van der Waals surface area contributed by atoms with Crippen LogP contribution in [0.1, 0.15) is 59.3 Å². The van der Waals surface area contributed by atoms with Crippen molar-refractivity contribution >= 4 is 0 Å². The molecule has 1 N–H and O–H groups in total. The van der Waals surface area contributed by atoms with Gasteiger partial charge in [0.1, 0.15) is 0 Å². The van der Waals surface area contributed by atoms with Crippen molar-refractivity contribution in [3.05, 3.63) is 0 Å². The van der Waals surface area contributed by atoms with Gasteiger partial charge in [-0.15, -0.1) is 0 Å². The molecule has 0 radical (unpaired) electrons. The lowest BCUT2D eigenvalue weighted by molar-refractivity contribution is -0.125. The van der Waals surface area contributed by atoms with Crippen molar-refractivity contribution in [1.29, 1.82) is 0 Å². The van der Waals surface area contributed by atoms with Gasteiger partial charge < -0.3 is 10.1 Å². The van der Waals surface area contributed by atoms with Crippen molar-refractivity contribution in [2.24, 2.45) is 11.8 Å². The highest BCUT2D eigenvalue weighted by Gasteiger charge is 2.43. The second kappa shape index (κ2) is 5.71. The van der Waals surface area contributed by atoms with Gasteiger partial charge in [0.25, 0.3) is 0 Å². The van der Waals surface area contributed by atoms with Crippen LogP contribution >= 0.6 is 0 Å². The molecule has 0 amide bonds. The van der Waals surface area contributed by atoms with E-state index in [4.69, 9.17) is 4.74 Å². The molecule has 17 heavy (non-hydrogen) atoms. The fourth-order valence-electron chi connectivity index (χ4n) is 3.38. The van der Waals surface area contributed by atoms with Gasteiger partial charge in [0, 0.05) is 12.6 Å². The van der Waals surface area contributed by atoms with Crippen LogP contribution in [0.2, 0.25) is 0 Å². The quantitative estimate of drug-likeness (QED) is 0.815. The third kappa shape index (κ3) is 3.23. The lowest BCUT2D eigenvalue weighted by Crippen LogP contribution is -2.59. The molecule has 2 rings (SSSR count). The molecule has 1 spiro atoms. The number of hydrogen-bond donors (Lipinski definition) is 1. The monoisotopic (exact) mass is 239 g/mol. The van der Waals surface area contributed by atoms with E-state index in [2.05, 4.69) is 26.1 Å². The van der Waals surface area contributed by atoms with Crippen molar-refractivity contribution in [2.45, 2.75) is 70.9 Å². The Morgan fingerprint density at radius 3 is 2.65 bits per heavy atom. The van der Waals surface area contributed by atoms with Gasteiger partial charge in [0.2, 0.25) is 0 Å². The maximum absolute atomic E-state index is 6.24. The summed E-state index contributed by atoms with van der Waals surface area (Å²) in [6, 6.07) is 0.603. The number of ether oxygens (including phenoxy) is 1. The van der Waals surface area contributed by atoms with Crippen LogP contribution in [0.25, 0.3) is 0 Å². The average molecular weight is 239 g/mol. The van der Waals surface area contributed by atoms with Crippen LogP contribution in [0, 0.1) is 11.8 Å². The number of morpholine rings is 1. The van der Waals surface area contributed by atoms with Crippen LogP contribution in [0.5, 0.6) is 0 Å². The highest BCUT2D eigenvalue weighted by atomic mass is 16.5. The minimum atomic E-state index is 0.180. The Morgan fingerprint density at radius 2 is 2.00 bits per heavy atom. The predicted octanol–water partition coefficient (Wildman–Crippen LogP) is 3.36. The van der Waals surface area contributed by atoms with E-state index in [1.807, 2.05) is 0 Å². The van der Waals surface area contributed by atoms with Gasteiger partial charge in [0.05, 0.1) is 12.2 Å². The molecule has 1 aliphatic carbocycles. The largest absolute Gasteiger partial charge is 0.372 e. The Kier molecular flexibility index (Phi) is 4.48. The normalized spacial score (nSPS) is 38.8. The first-order valence-corrected chi connectivity index (χ1v) is 7.50. The van der Waals surface area contributed by atoms with Gasteiger partial charge in [0.15, 0.2) is 0 Å². The standard InChI is InChI=1S/C15H29NO/c1-12(2)4-5-14-15(17-11-10-16-14)8-6-13(3)7-9-15/h12-14,16H,4-11H2,1-3H3. The summed E-state index contributed by atoms with van der Waals surface area (Å²) < 4.78 is 6.24. The minimum Gasteiger partial charge on any atom is -0.372 e. The Labute approximate surface area is 107 Å². The molecule has 100 valence electrons. The molecule has 1 saturated heterocycles. The van der Waals surface area contributed by atoms with Gasteiger partial charge in [-0.05, 0) is 50.4 Å². The Hall–Kier alpha value is -0.0800. The van der Waals surface area contributed by atoms with E-state index in [-0.39, 0.29) is 5.60 Å². The van der Waals surface area contributed by atoms with Crippen molar-refractivity contribution < 1.29 is 4.74 Å². The molecule has 1 atom stereocenters. The first-order valence-electron chi connectivity index (χ1n) is 7.50. The van der Waals surface area contributed by atoms with E-state index >= 15 is 0 Å². The van der Waals surface area contributed by atoms with Crippen molar-refractivity contribution in [3.63, 3.8) is 0 Å². The van der Waals surface area contributed by atoms with E-state index in [1.54, 1.807) is 0 Å². The van der Waals surface area contributed by atoms with Crippen LogP contribution in [-0.2, 0) is 4.74 Å². The summed E-state index contributed by atoms with van der Waals surface area (Å²) in [5.41, 5.74) is 0.180. The summed E-state index contributed by atoms with van der Waals surface area (Å²) in [4.78, 5) is 0. The highest BCUT2D eigenvalue weighted by Crippen LogP contribution is 2.39. The summed E-state index contributed by atoms with van der Waals surface area (Å²) in [5, 5.41) is 3.72. The van der Waals surface area contributed by atoms with Crippen LogP contribution in [0.15, 0.2) is 0 Å². The molecule has 2 heteroatoms. The van der Waals surface area contributed by atoms with E-state index in [0.717, 1.165) is 25.0 Å². The molecular weight excluding hydrogens is 210 g/mol. The lowest BCUT2D eigenvalue weighted by atomic mass is 9.73. The van der Waals surface area contributed by atoms with Crippen LogP contribution < -0.4 is 5.32 Å². The van der Waals surface area contributed by atoms with Gasteiger partial charge in [-0.1, -0.05) is 20.8 Å². The fraction of sp³-hybridized carbons (Fsp3) is 1.00.